The Bertz CT molecular complexity index is 626. The number of hydrogen-bond donors (Lipinski definition) is 3. The molecule has 2 aromatic carbocycles. The third kappa shape index (κ3) is 4.11. The first-order valence-corrected chi connectivity index (χ1v) is 8.05. The summed E-state index contributed by atoms with van der Waals surface area (Å²) in [5.74, 6) is 0.507. The van der Waals surface area contributed by atoms with E-state index in [4.69, 9.17) is 0 Å². The Morgan fingerprint density at radius 3 is 2.04 bits per heavy atom. The predicted octanol–water partition coefficient (Wildman–Crippen LogP) is 3.17. The lowest BCUT2D eigenvalue weighted by molar-refractivity contribution is 0.213. The van der Waals surface area contributed by atoms with Crippen LogP contribution in [-0.2, 0) is 0 Å². The number of rotatable bonds is 6. The molecule has 23 heavy (non-hydrogen) atoms. The Kier molecular flexibility index (Phi) is 4.93. The molecule has 3 N–H and O–H groups in total. The summed E-state index contributed by atoms with van der Waals surface area (Å²) in [7, 11) is 0. The van der Waals surface area contributed by atoms with E-state index in [0.717, 1.165) is 24.0 Å². The fourth-order valence-electron chi connectivity index (χ4n) is 2.82. The van der Waals surface area contributed by atoms with Gasteiger partial charge in [-0.25, -0.2) is 4.79 Å². The SMILES string of the molecule is O=C(NC(CO)c1ccccc1)NC(c1ccccc1)C1CC1. The first-order valence-electron chi connectivity index (χ1n) is 8.05. The lowest BCUT2D eigenvalue weighted by Gasteiger charge is -2.22. The number of benzene rings is 2. The van der Waals surface area contributed by atoms with Crippen molar-refractivity contribution >= 4 is 6.03 Å². The van der Waals surface area contributed by atoms with Gasteiger partial charge in [0.1, 0.15) is 0 Å². The van der Waals surface area contributed by atoms with Gasteiger partial charge in [0.25, 0.3) is 0 Å². The summed E-state index contributed by atoms with van der Waals surface area (Å²) in [6.45, 7) is -0.128. The van der Waals surface area contributed by atoms with Gasteiger partial charge in [-0.1, -0.05) is 60.7 Å². The Hall–Kier alpha value is -2.33. The molecule has 0 aromatic heterocycles. The monoisotopic (exact) mass is 310 g/mol. The zero-order valence-corrected chi connectivity index (χ0v) is 13.0. The molecule has 2 aromatic rings. The number of aliphatic hydroxyl groups is 1. The molecule has 1 aliphatic carbocycles. The van der Waals surface area contributed by atoms with E-state index < -0.39 is 6.04 Å². The Labute approximate surface area is 136 Å². The molecule has 4 nitrogen and oxygen atoms in total. The van der Waals surface area contributed by atoms with Crippen molar-refractivity contribution in [1.29, 1.82) is 0 Å². The number of aliphatic hydroxyl groups excluding tert-OH is 1. The van der Waals surface area contributed by atoms with Crippen molar-refractivity contribution in [3.05, 3.63) is 71.8 Å². The molecule has 1 aliphatic rings. The third-order valence-corrected chi connectivity index (χ3v) is 4.23. The van der Waals surface area contributed by atoms with E-state index in [1.165, 1.54) is 0 Å². The Morgan fingerprint density at radius 1 is 0.957 bits per heavy atom. The minimum atomic E-state index is -0.396. The minimum absolute atomic E-state index is 0.0336. The molecule has 0 aliphatic heterocycles. The van der Waals surface area contributed by atoms with Crippen LogP contribution < -0.4 is 10.6 Å². The number of hydrogen-bond acceptors (Lipinski definition) is 2. The highest BCUT2D eigenvalue weighted by Crippen LogP contribution is 2.40. The van der Waals surface area contributed by atoms with Gasteiger partial charge in [-0.2, -0.15) is 0 Å². The second kappa shape index (κ2) is 7.29. The van der Waals surface area contributed by atoms with Gasteiger partial charge in [-0.3, -0.25) is 0 Å². The van der Waals surface area contributed by atoms with Crippen LogP contribution in [0.1, 0.15) is 36.1 Å². The van der Waals surface area contributed by atoms with Crippen molar-refractivity contribution < 1.29 is 9.90 Å². The molecule has 0 bridgehead atoms. The smallest absolute Gasteiger partial charge is 0.315 e. The van der Waals surface area contributed by atoms with Crippen molar-refractivity contribution in [2.45, 2.75) is 24.9 Å². The van der Waals surface area contributed by atoms with Crippen molar-refractivity contribution in [3.8, 4) is 0 Å². The zero-order chi connectivity index (χ0) is 16.1. The normalized spacial score (nSPS) is 16.4. The summed E-state index contributed by atoms with van der Waals surface area (Å²) in [6, 6.07) is 19.0. The highest BCUT2D eigenvalue weighted by atomic mass is 16.3. The quantitative estimate of drug-likeness (QED) is 0.767. The second-order valence-corrected chi connectivity index (χ2v) is 5.99. The first-order chi connectivity index (χ1) is 11.3. The lowest BCUT2D eigenvalue weighted by Crippen LogP contribution is -2.41. The average Bonchev–Trinajstić information content (AvgIpc) is 3.44. The molecule has 2 atom stereocenters. The van der Waals surface area contributed by atoms with E-state index in [0.29, 0.717) is 5.92 Å². The molecule has 0 heterocycles. The van der Waals surface area contributed by atoms with E-state index >= 15 is 0 Å². The highest BCUT2D eigenvalue weighted by molar-refractivity contribution is 5.75. The van der Waals surface area contributed by atoms with Crippen LogP contribution in [0.15, 0.2) is 60.7 Å². The van der Waals surface area contributed by atoms with Gasteiger partial charge in [0.2, 0.25) is 0 Å². The topological polar surface area (TPSA) is 61.4 Å². The molecule has 0 saturated heterocycles. The van der Waals surface area contributed by atoms with E-state index in [2.05, 4.69) is 10.6 Å². The Balaban J connectivity index is 1.65. The van der Waals surface area contributed by atoms with Gasteiger partial charge in [0, 0.05) is 0 Å². The molecule has 1 fully saturated rings. The largest absolute Gasteiger partial charge is 0.394 e. The van der Waals surface area contributed by atoms with Gasteiger partial charge in [0.15, 0.2) is 0 Å². The van der Waals surface area contributed by atoms with E-state index in [1.807, 2.05) is 60.7 Å². The fraction of sp³-hybridized carbons (Fsp3) is 0.316. The molecular formula is C19H22N2O2. The molecule has 2 amide bonds. The molecule has 3 rings (SSSR count). The summed E-state index contributed by atoms with van der Waals surface area (Å²) in [5, 5.41) is 15.5. The van der Waals surface area contributed by atoms with Gasteiger partial charge in [0.05, 0.1) is 18.7 Å². The summed E-state index contributed by atoms with van der Waals surface area (Å²) < 4.78 is 0. The maximum Gasteiger partial charge on any atom is 0.315 e. The van der Waals surface area contributed by atoms with Gasteiger partial charge < -0.3 is 15.7 Å². The first kappa shape index (κ1) is 15.6. The van der Waals surface area contributed by atoms with Gasteiger partial charge in [-0.05, 0) is 29.9 Å². The minimum Gasteiger partial charge on any atom is -0.394 e. The number of urea groups is 1. The summed E-state index contributed by atoms with van der Waals surface area (Å²) >= 11 is 0. The van der Waals surface area contributed by atoms with Crippen LogP contribution in [0, 0.1) is 5.92 Å². The number of nitrogens with one attached hydrogen (secondary N) is 2. The fourth-order valence-corrected chi connectivity index (χ4v) is 2.82. The maximum absolute atomic E-state index is 12.4. The summed E-state index contributed by atoms with van der Waals surface area (Å²) in [5.41, 5.74) is 2.03. The molecule has 4 heteroatoms. The van der Waals surface area contributed by atoms with Crippen LogP contribution in [0.5, 0.6) is 0 Å². The summed E-state index contributed by atoms with van der Waals surface area (Å²) in [4.78, 5) is 12.4. The van der Waals surface area contributed by atoms with Gasteiger partial charge in [-0.15, -0.1) is 0 Å². The van der Waals surface area contributed by atoms with Crippen LogP contribution in [0.4, 0.5) is 4.79 Å². The lowest BCUT2D eigenvalue weighted by atomic mass is 10.0. The molecule has 120 valence electrons. The Morgan fingerprint density at radius 2 is 1.52 bits per heavy atom. The van der Waals surface area contributed by atoms with Crippen molar-refractivity contribution in [3.63, 3.8) is 0 Å². The average molecular weight is 310 g/mol. The standard InChI is InChI=1S/C19H22N2O2/c22-13-17(14-7-3-1-4-8-14)20-19(23)21-18(16-11-12-16)15-9-5-2-6-10-15/h1-10,16-18,22H,11-13H2,(H2,20,21,23). The van der Waals surface area contributed by atoms with Crippen molar-refractivity contribution in [1.82, 2.24) is 10.6 Å². The van der Waals surface area contributed by atoms with Crippen molar-refractivity contribution in [2.75, 3.05) is 6.61 Å². The molecule has 1 saturated carbocycles. The molecule has 2 unspecified atom stereocenters. The van der Waals surface area contributed by atoms with Crippen LogP contribution in [0.3, 0.4) is 0 Å². The third-order valence-electron chi connectivity index (χ3n) is 4.23. The van der Waals surface area contributed by atoms with Crippen LogP contribution >= 0.6 is 0 Å². The maximum atomic E-state index is 12.4. The molecule has 0 radical (unpaired) electrons. The van der Waals surface area contributed by atoms with E-state index in [9.17, 15) is 9.90 Å². The van der Waals surface area contributed by atoms with Crippen molar-refractivity contribution in [2.24, 2.45) is 5.92 Å². The number of carbonyl (C=O) groups is 1. The number of amides is 2. The molecule has 0 spiro atoms. The van der Waals surface area contributed by atoms with Crippen LogP contribution in [-0.4, -0.2) is 17.7 Å². The van der Waals surface area contributed by atoms with E-state index in [-0.39, 0.29) is 18.7 Å². The molecular weight excluding hydrogens is 288 g/mol. The number of carbonyl (C=O) groups excluding carboxylic acids is 1. The predicted molar refractivity (Wildman–Crippen MR) is 89.8 cm³/mol. The van der Waals surface area contributed by atoms with Crippen LogP contribution in [0.2, 0.25) is 0 Å². The summed E-state index contributed by atoms with van der Waals surface area (Å²) in [6.07, 6.45) is 2.28. The zero-order valence-electron chi connectivity index (χ0n) is 13.0. The van der Waals surface area contributed by atoms with Crippen LogP contribution in [0.25, 0.3) is 0 Å². The highest BCUT2D eigenvalue weighted by Gasteiger charge is 2.33. The second-order valence-electron chi connectivity index (χ2n) is 5.99. The van der Waals surface area contributed by atoms with Gasteiger partial charge >= 0.3 is 6.03 Å². The van der Waals surface area contributed by atoms with E-state index in [1.54, 1.807) is 0 Å².